The highest BCUT2D eigenvalue weighted by Crippen LogP contribution is 2.32. The van der Waals surface area contributed by atoms with E-state index in [1.165, 1.54) is 11.1 Å². The Morgan fingerprint density at radius 3 is 2.88 bits per heavy atom. The second-order valence-electron chi connectivity index (χ2n) is 11.1. The summed E-state index contributed by atoms with van der Waals surface area (Å²) in [6.07, 6.45) is 9.19. The molecule has 4 aromatic heterocycles. The van der Waals surface area contributed by atoms with Gasteiger partial charge in [0.1, 0.15) is 17.2 Å². The number of hydrogen-bond acceptors (Lipinski definition) is 6. The van der Waals surface area contributed by atoms with E-state index in [1.54, 1.807) is 6.20 Å². The molecule has 0 saturated carbocycles. The molecule has 1 atom stereocenters. The maximum atomic E-state index is 13.6. The van der Waals surface area contributed by atoms with Gasteiger partial charge in [0.15, 0.2) is 5.82 Å². The van der Waals surface area contributed by atoms with E-state index in [-0.39, 0.29) is 11.8 Å². The molecule has 6 aromatic rings. The van der Waals surface area contributed by atoms with Crippen LogP contribution >= 0.6 is 0 Å². The Hall–Kier alpha value is -4.83. The molecule has 5 N–H and O–H groups in total. The average molecular weight is 560 g/mol. The van der Waals surface area contributed by atoms with Crippen molar-refractivity contribution < 1.29 is 4.79 Å². The van der Waals surface area contributed by atoms with Crippen molar-refractivity contribution >= 4 is 27.8 Å². The fraction of sp³-hybridized carbons (Fsp3) is 0.281. The fourth-order valence-electron chi connectivity index (χ4n) is 6.04. The number of benzene rings is 2. The quantitative estimate of drug-likeness (QED) is 0.214. The largest absolute Gasteiger partial charge is 0.342 e. The number of pyridine rings is 1. The third kappa shape index (κ3) is 4.73. The molecule has 1 aliphatic heterocycles. The number of hydrogen-bond donors (Lipinski definition) is 4. The molecule has 0 radical (unpaired) electrons. The van der Waals surface area contributed by atoms with Crippen LogP contribution in [0, 0.1) is 6.92 Å². The predicted molar refractivity (Wildman–Crippen MR) is 163 cm³/mol. The van der Waals surface area contributed by atoms with Crippen molar-refractivity contribution in [3.05, 3.63) is 83.7 Å². The van der Waals surface area contributed by atoms with Crippen LogP contribution in [0.25, 0.3) is 44.6 Å². The Kier molecular flexibility index (Phi) is 6.75. The number of fused-ring (bicyclic) bond motifs is 2. The molecule has 212 valence electrons. The molecular weight excluding hydrogens is 526 g/mol. The molecule has 0 aliphatic carbocycles. The lowest BCUT2D eigenvalue weighted by Gasteiger charge is -2.31. The Morgan fingerprint density at radius 1 is 1.10 bits per heavy atom. The van der Waals surface area contributed by atoms with Crippen molar-refractivity contribution in [1.29, 1.82) is 0 Å². The Labute approximate surface area is 242 Å². The zero-order chi connectivity index (χ0) is 28.6. The normalized spacial score (nSPS) is 15.6. The molecule has 1 aliphatic rings. The molecule has 1 unspecified atom stereocenters. The van der Waals surface area contributed by atoms with Crippen LogP contribution in [-0.2, 0) is 6.42 Å². The smallest absolute Gasteiger partial charge is 0.271 e. The van der Waals surface area contributed by atoms with Gasteiger partial charge in [0, 0.05) is 42.4 Å². The molecule has 5 heterocycles. The number of aromatic amines is 3. The van der Waals surface area contributed by atoms with E-state index < -0.39 is 0 Å². The first kappa shape index (κ1) is 26.1. The fourth-order valence-corrected chi connectivity index (χ4v) is 6.04. The Bertz CT molecular complexity index is 1870. The van der Waals surface area contributed by atoms with Gasteiger partial charge in [-0.25, -0.2) is 9.97 Å². The van der Waals surface area contributed by atoms with Gasteiger partial charge in [-0.1, -0.05) is 18.2 Å². The number of amides is 1. The minimum atomic E-state index is -0.0638. The van der Waals surface area contributed by atoms with Gasteiger partial charge >= 0.3 is 0 Å². The summed E-state index contributed by atoms with van der Waals surface area (Å²) in [6, 6.07) is 14.2. The minimum Gasteiger partial charge on any atom is -0.342 e. The third-order valence-corrected chi connectivity index (χ3v) is 8.38. The lowest BCUT2D eigenvalue weighted by atomic mass is 9.96. The van der Waals surface area contributed by atoms with Gasteiger partial charge in [0.05, 0.1) is 22.7 Å². The van der Waals surface area contributed by atoms with E-state index in [0.29, 0.717) is 36.8 Å². The average Bonchev–Trinajstić information content (AvgIpc) is 3.78. The monoisotopic (exact) mass is 559 g/mol. The van der Waals surface area contributed by atoms with E-state index >= 15 is 0 Å². The van der Waals surface area contributed by atoms with E-state index in [9.17, 15) is 4.79 Å². The van der Waals surface area contributed by atoms with Crippen LogP contribution in [0.2, 0.25) is 0 Å². The number of likely N-dealkylation sites (tertiary alicyclic amines) is 1. The number of H-pyrrole nitrogens is 3. The van der Waals surface area contributed by atoms with Crippen LogP contribution in [0.15, 0.2) is 61.1 Å². The highest BCUT2D eigenvalue weighted by molar-refractivity contribution is 5.96. The molecule has 0 bridgehead atoms. The van der Waals surface area contributed by atoms with E-state index in [4.69, 9.17) is 10.7 Å². The summed E-state index contributed by atoms with van der Waals surface area (Å²) in [5.74, 6) is 1.59. The van der Waals surface area contributed by atoms with Crippen LogP contribution in [0.4, 0.5) is 0 Å². The lowest BCUT2D eigenvalue weighted by Crippen LogP contribution is -2.39. The van der Waals surface area contributed by atoms with Gasteiger partial charge in [0.25, 0.3) is 5.91 Å². The maximum absolute atomic E-state index is 13.6. The van der Waals surface area contributed by atoms with Gasteiger partial charge in [-0.05, 0) is 80.1 Å². The van der Waals surface area contributed by atoms with Crippen LogP contribution in [0.3, 0.4) is 0 Å². The number of aryl methyl sites for hydroxylation is 1. The van der Waals surface area contributed by atoms with Crippen LogP contribution in [-0.4, -0.2) is 65.6 Å². The molecule has 10 heteroatoms. The van der Waals surface area contributed by atoms with Crippen molar-refractivity contribution in [3.8, 4) is 22.6 Å². The van der Waals surface area contributed by atoms with Gasteiger partial charge in [-0.3, -0.25) is 14.9 Å². The van der Waals surface area contributed by atoms with Crippen LogP contribution in [0.5, 0.6) is 0 Å². The molecule has 7 rings (SSSR count). The van der Waals surface area contributed by atoms with Crippen molar-refractivity contribution in [2.24, 2.45) is 5.73 Å². The van der Waals surface area contributed by atoms with Gasteiger partial charge in [-0.2, -0.15) is 5.10 Å². The van der Waals surface area contributed by atoms with Crippen molar-refractivity contribution in [3.63, 3.8) is 0 Å². The second-order valence-corrected chi connectivity index (χ2v) is 11.1. The summed E-state index contributed by atoms with van der Waals surface area (Å²) < 4.78 is 0. The first-order chi connectivity index (χ1) is 20.6. The van der Waals surface area contributed by atoms with Crippen molar-refractivity contribution in [2.75, 3.05) is 19.6 Å². The van der Waals surface area contributed by atoms with Crippen LogP contribution < -0.4 is 5.73 Å². The lowest BCUT2D eigenvalue weighted by molar-refractivity contribution is 0.0699. The molecule has 2 aromatic carbocycles. The van der Waals surface area contributed by atoms with E-state index in [1.807, 2.05) is 47.6 Å². The Morgan fingerprint density at radius 2 is 2.00 bits per heavy atom. The van der Waals surface area contributed by atoms with E-state index in [0.717, 1.165) is 64.6 Å². The molecule has 10 nitrogen and oxygen atoms in total. The summed E-state index contributed by atoms with van der Waals surface area (Å²) in [6.45, 7) is 4.10. The summed E-state index contributed by atoms with van der Waals surface area (Å²) in [5.41, 5.74) is 14.3. The first-order valence-electron chi connectivity index (χ1n) is 14.5. The SMILES string of the molecule is Cc1c(CCCN)cncc1-c1ccc2[nH]nc(-c3ncc(C(=O)N4CCCC(c5nc6ccccc6[nH]5)C4)[nH]3)c2c1. The number of nitrogens with two attached hydrogens (primary N) is 1. The summed E-state index contributed by atoms with van der Waals surface area (Å²) in [5, 5.41) is 8.59. The topological polar surface area (TPSA) is 145 Å². The van der Waals surface area contributed by atoms with Gasteiger partial charge < -0.3 is 20.6 Å². The number of carbonyl (C=O) groups is 1. The van der Waals surface area contributed by atoms with Crippen LogP contribution in [0.1, 0.15) is 52.6 Å². The number of nitrogens with one attached hydrogen (secondary N) is 3. The summed E-state index contributed by atoms with van der Waals surface area (Å²) in [4.78, 5) is 36.0. The molecular formula is C32H33N9O. The standard InChI is InChI=1S/C32H33N9O/c1-19-21(6-4-12-33)15-34-16-24(19)20-10-11-25-23(14-20)29(40-39-25)31-35-17-28(38-31)32(42)41-13-5-7-22(18-41)30-36-26-8-2-3-9-27(26)37-30/h2-3,8-11,14-17,22H,4-7,12-13,18,33H2,1H3,(H,35,38)(H,36,37)(H,39,40). The number of rotatable bonds is 7. The van der Waals surface area contributed by atoms with Crippen molar-refractivity contribution in [1.82, 2.24) is 40.0 Å². The summed E-state index contributed by atoms with van der Waals surface area (Å²) in [7, 11) is 0. The zero-order valence-electron chi connectivity index (χ0n) is 23.5. The number of aromatic nitrogens is 7. The number of carbonyl (C=O) groups excluding carboxylic acids is 1. The highest BCUT2D eigenvalue weighted by atomic mass is 16.2. The van der Waals surface area contributed by atoms with Crippen molar-refractivity contribution in [2.45, 2.75) is 38.5 Å². The van der Waals surface area contributed by atoms with Gasteiger partial charge in [0.2, 0.25) is 0 Å². The molecule has 42 heavy (non-hydrogen) atoms. The van der Waals surface area contributed by atoms with E-state index in [2.05, 4.69) is 49.2 Å². The number of para-hydroxylation sites is 2. The number of nitrogens with zero attached hydrogens (tertiary/aromatic N) is 5. The minimum absolute atomic E-state index is 0.0638. The molecule has 1 saturated heterocycles. The highest BCUT2D eigenvalue weighted by Gasteiger charge is 2.28. The molecule has 1 fully saturated rings. The predicted octanol–water partition coefficient (Wildman–Crippen LogP) is 5.11. The number of imidazole rings is 2. The first-order valence-corrected chi connectivity index (χ1v) is 14.5. The molecule has 1 amide bonds. The summed E-state index contributed by atoms with van der Waals surface area (Å²) >= 11 is 0. The third-order valence-electron chi connectivity index (χ3n) is 8.38. The second kappa shape index (κ2) is 10.9. The van der Waals surface area contributed by atoms with Gasteiger partial charge in [-0.15, -0.1) is 0 Å². The Balaban J connectivity index is 1.13. The maximum Gasteiger partial charge on any atom is 0.271 e. The zero-order valence-corrected chi connectivity index (χ0v) is 23.5. The molecule has 0 spiro atoms. The number of piperidine rings is 1.